The number of oxazole rings is 1. The van der Waals surface area contributed by atoms with Gasteiger partial charge in [0.25, 0.3) is 0 Å². The van der Waals surface area contributed by atoms with Crippen molar-refractivity contribution in [2.75, 3.05) is 31.7 Å². The average Bonchev–Trinajstić information content (AvgIpc) is 3.13. The molecule has 1 N–H and O–H groups in total. The first-order chi connectivity index (χ1) is 14.5. The summed E-state index contributed by atoms with van der Waals surface area (Å²) >= 11 is 18.2. The number of pyridine rings is 1. The molecule has 0 aliphatic carbocycles. The molecule has 156 valence electrons. The lowest BCUT2D eigenvalue weighted by molar-refractivity contribution is 0.107. The molecule has 0 aliphatic rings. The van der Waals surface area contributed by atoms with Crippen molar-refractivity contribution in [3.8, 4) is 23.3 Å². The highest BCUT2D eigenvalue weighted by atomic mass is 35.5. The van der Waals surface area contributed by atoms with Crippen LogP contribution in [0, 0.1) is 17.3 Å². The number of ether oxygens (including phenoxy) is 2. The lowest BCUT2D eigenvalue weighted by Gasteiger charge is -2.07. The normalized spacial score (nSPS) is 10.6. The Hall–Kier alpha value is -2.57. The molecule has 0 aliphatic heterocycles. The number of halogens is 4. The first-order valence-corrected chi connectivity index (χ1v) is 9.73. The van der Waals surface area contributed by atoms with Crippen LogP contribution in [0.5, 0.6) is 5.75 Å². The van der Waals surface area contributed by atoms with E-state index in [9.17, 15) is 9.65 Å². The van der Waals surface area contributed by atoms with Crippen LogP contribution in [0.4, 0.5) is 10.3 Å². The minimum Gasteiger partial charge on any atom is -0.491 e. The number of nitrogens with zero attached hydrogens (tertiary/aromatic N) is 3. The van der Waals surface area contributed by atoms with Crippen molar-refractivity contribution in [3.63, 3.8) is 0 Å². The highest BCUT2D eigenvalue weighted by Gasteiger charge is 2.18. The van der Waals surface area contributed by atoms with E-state index in [-0.39, 0.29) is 40.7 Å². The van der Waals surface area contributed by atoms with Crippen LogP contribution in [-0.2, 0) is 4.74 Å². The van der Waals surface area contributed by atoms with Crippen LogP contribution < -0.4 is 10.1 Å². The average molecular weight is 472 g/mol. The third-order valence-electron chi connectivity index (χ3n) is 3.68. The zero-order valence-electron chi connectivity index (χ0n) is 15.3. The molecule has 7 nitrogen and oxygen atoms in total. The third kappa shape index (κ3) is 5.74. The largest absolute Gasteiger partial charge is 0.491 e. The summed E-state index contributed by atoms with van der Waals surface area (Å²) in [6.45, 7) is 1.18. The van der Waals surface area contributed by atoms with Crippen LogP contribution >= 0.6 is 34.8 Å². The fraction of sp³-hybridized carbons (Fsp3) is 0.211. The second-order valence-corrected chi connectivity index (χ2v) is 6.98. The Balaban J connectivity index is 1.50. The highest BCUT2D eigenvalue weighted by Crippen LogP contribution is 2.37. The van der Waals surface area contributed by atoms with E-state index >= 15 is 0 Å². The Morgan fingerprint density at radius 3 is 2.77 bits per heavy atom. The number of benzene rings is 1. The molecule has 0 unspecified atom stereocenters. The van der Waals surface area contributed by atoms with Gasteiger partial charge in [0.2, 0.25) is 23.4 Å². The van der Waals surface area contributed by atoms with Crippen molar-refractivity contribution < 1.29 is 18.3 Å². The molecule has 0 atom stereocenters. The molecular formula is C19H14Cl3FN4O3. The molecule has 0 spiro atoms. The van der Waals surface area contributed by atoms with Gasteiger partial charge in [0.15, 0.2) is 0 Å². The second-order valence-electron chi connectivity index (χ2n) is 5.76. The van der Waals surface area contributed by atoms with E-state index in [2.05, 4.69) is 15.3 Å². The van der Waals surface area contributed by atoms with Crippen molar-refractivity contribution in [1.29, 1.82) is 5.26 Å². The van der Waals surface area contributed by atoms with Gasteiger partial charge in [-0.15, -0.1) is 0 Å². The first-order valence-electron chi connectivity index (χ1n) is 8.59. The Bertz CT molecular complexity index is 1070. The van der Waals surface area contributed by atoms with E-state index in [1.54, 1.807) is 12.1 Å². The molecule has 0 radical (unpaired) electrons. The van der Waals surface area contributed by atoms with Crippen molar-refractivity contribution in [2.45, 2.75) is 0 Å². The topological polar surface area (TPSA) is 93.2 Å². The summed E-state index contributed by atoms with van der Waals surface area (Å²) in [7, 11) is 0. The van der Waals surface area contributed by atoms with Gasteiger partial charge in [-0.3, -0.25) is 0 Å². The molecular weight excluding hydrogens is 458 g/mol. The van der Waals surface area contributed by atoms with Crippen LogP contribution in [0.1, 0.15) is 5.69 Å². The molecule has 2 heterocycles. The molecule has 3 rings (SSSR count). The highest BCUT2D eigenvalue weighted by molar-refractivity contribution is 6.44. The Morgan fingerprint density at radius 2 is 2.00 bits per heavy atom. The monoisotopic (exact) mass is 470 g/mol. The van der Waals surface area contributed by atoms with E-state index in [4.69, 9.17) is 48.7 Å². The van der Waals surface area contributed by atoms with Gasteiger partial charge in [-0.05, 0) is 18.2 Å². The summed E-state index contributed by atoms with van der Waals surface area (Å²) in [5, 5.41) is 13.0. The van der Waals surface area contributed by atoms with Gasteiger partial charge in [-0.1, -0.05) is 34.8 Å². The van der Waals surface area contributed by atoms with Gasteiger partial charge >= 0.3 is 0 Å². The Morgan fingerprint density at radius 1 is 1.17 bits per heavy atom. The number of anilines is 1. The summed E-state index contributed by atoms with van der Waals surface area (Å²) in [6, 6.07) is 7.72. The predicted molar refractivity (Wildman–Crippen MR) is 111 cm³/mol. The van der Waals surface area contributed by atoms with Gasteiger partial charge in [0.05, 0.1) is 28.8 Å². The van der Waals surface area contributed by atoms with Gasteiger partial charge in [0, 0.05) is 23.8 Å². The second kappa shape index (κ2) is 10.5. The SMILES string of the molecule is N#Cc1nc(-c2cc(Cl)cc(Cl)c2Cl)oc1NCCOCCOc1ccnc(F)c1. The number of hydrogen-bond acceptors (Lipinski definition) is 7. The fourth-order valence-corrected chi connectivity index (χ4v) is 3.06. The molecule has 11 heteroatoms. The van der Waals surface area contributed by atoms with Crippen molar-refractivity contribution in [1.82, 2.24) is 9.97 Å². The number of aromatic nitrogens is 2. The Labute approximate surface area is 186 Å². The van der Waals surface area contributed by atoms with E-state index in [0.29, 0.717) is 29.5 Å². The quantitative estimate of drug-likeness (QED) is 0.260. The standard InChI is InChI=1S/C19H14Cl3FN4O3/c20-11-7-13(17(22)14(21)8-11)18-27-15(10-24)19(30-18)26-3-4-28-5-6-29-12-1-2-25-16(23)9-12/h1-2,7-9,26H,3-6H2. The number of rotatable bonds is 9. The lowest BCUT2D eigenvalue weighted by Crippen LogP contribution is -2.13. The van der Waals surface area contributed by atoms with E-state index < -0.39 is 5.95 Å². The number of nitriles is 1. The van der Waals surface area contributed by atoms with Gasteiger partial charge in [-0.2, -0.15) is 14.6 Å². The summed E-state index contributed by atoms with van der Waals surface area (Å²) in [4.78, 5) is 7.56. The van der Waals surface area contributed by atoms with Crippen LogP contribution in [0.3, 0.4) is 0 Å². The zero-order chi connectivity index (χ0) is 21.5. The van der Waals surface area contributed by atoms with Gasteiger partial charge in [0.1, 0.15) is 18.4 Å². The maximum Gasteiger partial charge on any atom is 0.232 e. The zero-order valence-corrected chi connectivity index (χ0v) is 17.6. The van der Waals surface area contributed by atoms with Gasteiger partial charge < -0.3 is 19.2 Å². The maximum atomic E-state index is 12.9. The van der Waals surface area contributed by atoms with E-state index in [1.807, 2.05) is 6.07 Å². The maximum absolute atomic E-state index is 12.9. The molecule has 0 saturated carbocycles. The minimum atomic E-state index is -0.612. The molecule has 0 bridgehead atoms. The molecule has 2 aromatic heterocycles. The van der Waals surface area contributed by atoms with Crippen molar-refractivity contribution >= 4 is 40.7 Å². The van der Waals surface area contributed by atoms with Crippen LogP contribution in [0.2, 0.25) is 15.1 Å². The van der Waals surface area contributed by atoms with E-state index in [0.717, 1.165) is 0 Å². The summed E-state index contributed by atoms with van der Waals surface area (Å²) < 4.78 is 29.3. The van der Waals surface area contributed by atoms with Crippen molar-refractivity contribution in [3.05, 3.63) is 57.2 Å². The minimum absolute atomic E-state index is 0.0558. The molecule has 3 aromatic rings. The fourth-order valence-electron chi connectivity index (χ4n) is 2.37. The van der Waals surface area contributed by atoms with Crippen LogP contribution in [0.15, 0.2) is 34.9 Å². The summed E-state index contributed by atoms with van der Waals surface area (Å²) in [6.07, 6.45) is 1.32. The number of hydrogen-bond donors (Lipinski definition) is 1. The summed E-state index contributed by atoms with van der Waals surface area (Å²) in [5.74, 6) is 0.0460. The first kappa shape index (κ1) is 22.1. The smallest absolute Gasteiger partial charge is 0.232 e. The van der Waals surface area contributed by atoms with Crippen molar-refractivity contribution in [2.24, 2.45) is 0 Å². The van der Waals surface area contributed by atoms with Gasteiger partial charge in [-0.25, -0.2) is 4.98 Å². The lowest BCUT2D eigenvalue weighted by atomic mass is 10.2. The summed E-state index contributed by atoms with van der Waals surface area (Å²) in [5.41, 5.74) is 0.430. The third-order valence-corrected chi connectivity index (χ3v) is 4.70. The van der Waals surface area contributed by atoms with E-state index in [1.165, 1.54) is 18.3 Å². The van der Waals surface area contributed by atoms with Crippen LogP contribution in [-0.4, -0.2) is 36.3 Å². The molecule has 0 saturated heterocycles. The molecule has 0 fully saturated rings. The molecule has 30 heavy (non-hydrogen) atoms. The number of nitrogens with one attached hydrogen (secondary N) is 1. The predicted octanol–water partition coefficient (Wildman–Crippen LogP) is 5.22. The molecule has 0 amide bonds. The Kier molecular flexibility index (Phi) is 7.71. The van der Waals surface area contributed by atoms with Crippen LogP contribution in [0.25, 0.3) is 11.5 Å². The molecule has 1 aromatic carbocycles.